The van der Waals surface area contributed by atoms with Gasteiger partial charge in [0.15, 0.2) is 0 Å². The molecule has 1 N–H and O–H groups in total. The summed E-state index contributed by atoms with van der Waals surface area (Å²) >= 11 is 1.68. The van der Waals surface area contributed by atoms with Gasteiger partial charge >= 0.3 is 0 Å². The molecule has 0 fully saturated rings. The molecule has 3 heteroatoms. The number of nitrogens with one attached hydrogen (secondary N) is 1. The van der Waals surface area contributed by atoms with E-state index < -0.39 is 0 Å². The molecule has 0 saturated heterocycles. The van der Waals surface area contributed by atoms with E-state index in [1.807, 2.05) is 11.5 Å². The average Bonchev–Trinajstić information content (AvgIpc) is 1.88. The third-order valence-corrected chi connectivity index (χ3v) is 1.65. The summed E-state index contributed by atoms with van der Waals surface area (Å²) in [6.07, 6.45) is 5.09. The fourth-order valence-corrected chi connectivity index (χ4v) is 1.03. The van der Waals surface area contributed by atoms with Crippen LogP contribution in [0.4, 0.5) is 0 Å². The van der Waals surface area contributed by atoms with Gasteiger partial charge < -0.3 is 0 Å². The lowest BCUT2D eigenvalue weighted by atomic mass is 10.7. The second-order valence-electron chi connectivity index (χ2n) is 1.38. The highest BCUT2D eigenvalue weighted by Crippen LogP contribution is 2.02. The zero-order valence-electron chi connectivity index (χ0n) is 5.85. The van der Waals surface area contributed by atoms with Crippen molar-refractivity contribution in [2.45, 2.75) is 6.92 Å². The maximum atomic E-state index is 5.09. The molecular formula is C6H12N2S. The van der Waals surface area contributed by atoms with Crippen molar-refractivity contribution in [3.8, 4) is 12.3 Å². The lowest BCUT2D eigenvalue weighted by molar-refractivity contribution is 0.432. The molecule has 0 bridgehead atoms. The lowest BCUT2D eigenvalue weighted by Crippen LogP contribution is -2.28. The van der Waals surface area contributed by atoms with Gasteiger partial charge in [0.05, 0.1) is 6.54 Å². The molecule has 0 aliphatic rings. The molecule has 0 heterocycles. The van der Waals surface area contributed by atoms with E-state index in [0.29, 0.717) is 6.54 Å². The smallest absolute Gasteiger partial charge is 0.0853 e. The first-order valence-electron chi connectivity index (χ1n) is 2.86. The second-order valence-corrected chi connectivity index (χ2v) is 2.66. The van der Waals surface area contributed by atoms with E-state index in [2.05, 4.69) is 18.3 Å². The molecule has 0 rings (SSSR count). The van der Waals surface area contributed by atoms with Gasteiger partial charge in [-0.25, -0.2) is 5.43 Å². The first-order valence-corrected chi connectivity index (χ1v) is 3.80. The van der Waals surface area contributed by atoms with Gasteiger partial charge in [-0.1, -0.05) is 24.8 Å². The molecule has 52 valence electrons. The standard InChI is InChI=1S/C6H12N2S/c1-4-6-8(7-3)9-5-2/h1,7H,5-6H2,2-3H3. The average molecular weight is 144 g/mol. The quantitative estimate of drug-likeness (QED) is 0.355. The third-order valence-electron chi connectivity index (χ3n) is 0.769. The van der Waals surface area contributed by atoms with Crippen LogP contribution in [0, 0.1) is 12.3 Å². The minimum absolute atomic E-state index is 0.648. The third kappa shape index (κ3) is 4.34. The summed E-state index contributed by atoms with van der Waals surface area (Å²) in [7, 11) is 1.86. The molecule has 0 aromatic heterocycles. The van der Waals surface area contributed by atoms with Crippen LogP contribution in [0.5, 0.6) is 0 Å². The highest BCUT2D eigenvalue weighted by atomic mass is 32.2. The van der Waals surface area contributed by atoms with Gasteiger partial charge in [0, 0.05) is 5.75 Å². The Kier molecular flexibility index (Phi) is 5.85. The van der Waals surface area contributed by atoms with Gasteiger partial charge in [-0.15, -0.1) is 6.42 Å². The van der Waals surface area contributed by atoms with E-state index in [4.69, 9.17) is 6.42 Å². The van der Waals surface area contributed by atoms with Gasteiger partial charge in [0.1, 0.15) is 0 Å². The maximum absolute atomic E-state index is 5.09. The zero-order chi connectivity index (χ0) is 7.11. The molecule has 0 atom stereocenters. The molecule has 2 nitrogen and oxygen atoms in total. The molecule has 0 radical (unpaired) electrons. The first kappa shape index (κ1) is 8.83. The number of terminal acetylenes is 1. The Morgan fingerprint density at radius 2 is 2.44 bits per heavy atom. The molecule has 0 aromatic carbocycles. The van der Waals surface area contributed by atoms with Gasteiger partial charge in [0.25, 0.3) is 0 Å². The molecule has 9 heavy (non-hydrogen) atoms. The fraction of sp³-hybridized carbons (Fsp3) is 0.667. The largest absolute Gasteiger partial charge is 0.248 e. The summed E-state index contributed by atoms with van der Waals surface area (Å²) in [4.78, 5) is 0. The summed E-state index contributed by atoms with van der Waals surface area (Å²) < 4.78 is 1.92. The maximum Gasteiger partial charge on any atom is 0.0853 e. The number of hydrogen-bond donors (Lipinski definition) is 1. The summed E-state index contributed by atoms with van der Waals surface area (Å²) in [5, 5.41) is 0. The second kappa shape index (κ2) is 5.96. The lowest BCUT2D eigenvalue weighted by Gasteiger charge is -2.14. The van der Waals surface area contributed by atoms with E-state index in [1.165, 1.54) is 0 Å². The fourth-order valence-electron chi connectivity index (χ4n) is 0.428. The Morgan fingerprint density at radius 1 is 1.78 bits per heavy atom. The van der Waals surface area contributed by atoms with E-state index in [1.54, 1.807) is 11.9 Å². The van der Waals surface area contributed by atoms with Gasteiger partial charge in [-0.2, -0.15) is 4.41 Å². The van der Waals surface area contributed by atoms with Crippen molar-refractivity contribution in [3.63, 3.8) is 0 Å². The van der Waals surface area contributed by atoms with Crippen LogP contribution in [0.1, 0.15) is 6.92 Å². The van der Waals surface area contributed by atoms with Crippen LogP contribution in [-0.2, 0) is 0 Å². The predicted molar refractivity (Wildman–Crippen MR) is 42.7 cm³/mol. The molecule has 0 spiro atoms. The first-order chi connectivity index (χ1) is 4.35. The van der Waals surface area contributed by atoms with Crippen molar-refractivity contribution in [1.82, 2.24) is 9.84 Å². The summed E-state index contributed by atoms with van der Waals surface area (Å²) in [5.41, 5.74) is 2.96. The van der Waals surface area contributed by atoms with Gasteiger partial charge in [-0.3, -0.25) is 0 Å². The van der Waals surface area contributed by atoms with E-state index in [9.17, 15) is 0 Å². The van der Waals surface area contributed by atoms with Crippen LogP contribution >= 0.6 is 11.9 Å². The number of hydrazine groups is 1. The zero-order valence-corrected chi connectivity index (χ0v) is 6.66. The molecule has 0 saturated carbocycles. The van der Waals surface area contributed by atoms with Crippen molar-refractivity contribution in [1.29, 1.82) is 0 Å². The van der Waals surface area contributed by atoms with Gasteiger partial charge in [0.2, 0.25) is 0 Å². The van der Waals surface area contributed by atoms with Crippen molar-refractivity contribution in [2.75, 3.05) is 19.3 Å². The molecule has 0 aliphatic carbocycles. The van der Waals surface area contributed by atoms with Crippen LogP contribution in [0.3, 0.4) is 0 Å². The van der Waals surface area contributed by atoms with Crippen molar-refractivity contribution in [3.05, 3.63) is 0 Å². The van der Waals surface area contributed by atoms with Crippen LogP contribution in [0.15, 0.2) is 0 Å². The summed E-state index contributed by atoms with van der Waals surface area (Å²) in [6, 6.07) is 0. The van der Waals surface area contributed by atoms with Gasteiger partial charge in [-0.05, 0) is 7.05 Å². The molecule has 0 aliphatic heterocycles. The molecule has 0 aromatic rings. The number of hydrogen-bond acceptors (Lipinski definition) is 3. The molecular weight excluding hydrogens is 132 g/mol. The van der Waals surface area contributed by atoms with E-state index in [-0.39, 0.29) is 0 Å². The molecule has 0 unspecified atom stereocenters. The van der Waals surface area contributed by atoms with Crippen LogP contribution in [0.2, 0.25) is 0 Å². The highest BCUT2D eigenvalue weighted by molar-refractivity contribution is 7.96. The Morgan fingerprint density at radius 3 is 2.78 bits per heavy atom. The Labute approximate surface area is 61.1 Å². The van der Waals surface area contributed by atoms with Crippen molar-refractivity contribution >= 4 is 11.9 Å². The van der Waals surface area contributed by atoms with Crippen LogP contribution in [-0.4, -0.2) is 23.8 Å². The highest BCUT2D eigenvalue weighted by Gasteiger charge is 1.95. The van der Waals surface area contributed by atoms with Crippen molar-refractivity contribution < 1.29 is 0 Å². The van der Waals surface area contributed by atoms with Crippen LogP contribution in [0.25, 0.3) is 0 Å². The molecule has 0 amide bonds. The summed E-state index contributed by atoms with van der Waals surface area (Å²) in [5.74, 6) is 3.59. The Bertz CT molecular complexity index is 97.7. The Hall–Kier alpha value is -0.170. The summed E-state index contributed by atoms with van der Waals surface area (Å²) in [6.45, 7) is 2.74. The SMILES string of the molecule is C#CCN(NC)SCC. The van der Waals surface area contributed by atoms with Crippen molar-refractivity contribution in [2.24, 2.45) is 0 Å². The predicted octanol–water partition coefficient (Wildman–Crippen LogP) is 0.724. The van der Waals surface area contributed by atoms with Crippen LogP contribution < -0.4 is 5.43 Å². The minimum atomic E-state index is 0.648. The number of nitrogens with zero attached hydrogens (tertiary/aromatic N) is 1. The topological polar surface area (TPSA) is 15.3 Å². The van der Waals surface area contributed by atoms with E-state index >= 15 is 0 Å². The Balaban J connectivity index is 3.32. The number of rotatable bonds is 4. The monoisotopic (exact) mass is 144 g/mol. The normalized spacial score (nSPS) is 9.56. The minimum Gasteiger partial charge on any atom is -0.248 e. The van der Waals surface area contributed by atoms with E-state index in [0.717, 1.165) is 5.75 Å².